The molecule has 1 saturated heterocycles. The van der Waals surface area contributed by atoms with E-state index in [4.69, 9.17) is 4.74 Å². The molecule has 2 fully saturated rings. The number of amides is 1. The fourth-order valence-electron chi connectivity index (χ4n) is 3.31. The molecule has 0 spiro atoms. The van der Waals surface area contributed by atoms with Crippen molar-refractivity contribution in [2.75, 3.05) is 13.2 Å². The lowest BCUT2D eigenvalue weighted by Crippen LogP contribution is -2.55. The van der Waals surface area contributed by atoms with Gasteiger partial charge >= 0.3 is 0 Å². The van der Waals surface area contributed by atoms with Crippen LogP contribution in [0.15, 0.2) is 18.2 Å². The minimum atomic E-state index is -0.431. The average Bonchev–Trinajstić information content (AvgIpc) is 2.48. The van der Waals surface area contributed by atoms with Crippen LogP contribution in [0, 0.1) is 12.7 Å². The third kappa shape index (κ3) is 2.44. The minimum absolute atomic E-state index is 0.116. The second kappa shape index (κ2) is 5.52. The van der Waals surface area contributed by atoms with E-state index in [1.807, 2.05) is 11.8 Å². The van der Waals surface area contributed by atoms with Gasteiger partial charge in [0, 0.05) is 6.54 Å². The number of halogens is 1. The molecule has 4 heteroatoms. The Morgan fingerprint density at radius 1 is 1.35 bits per heavy atom. The summed E-state index contributed by atoms with van der Waals surface area (Å²) in [4.78, 5) is 14.5. The number of morpholine rings is 1. The van der Waals surface area contributed by atoms with Crippen LogP contribution in [0.4, 0.5) is 4.39 Å². The largest absolute Gasteiger partial charge is 0.374 e. The lowest BCUT2D eigenvalue weighted by molar-refractivity contribution is -0.0753. The Kier molecular flexibility index (Phi) is 3.74. The molecule has 0 radical (unpaired) electrons. The Labute approximate surface area is 118 Å². The SMILES string of the molecule is Cc1ccc(F)c(C(=O)N2CCOC3CCCCC32)c1. The van der Waals surface area contributed by atoms with Crippen LogP contribution in [0.2, 0.25) is 0 Å². The molecule has 0 N–H and O–H groups in total. The van der Waals surface area contributed by atoms with Gasteiger partial charge in [-0.3, -0.25) is 4.79 Å². The summed E-state index contributed by atoms with van der Waals surface area (Å²) in [6.07, 6.45) is 4.37. The zero-order chi connectivity index (χ0) is 14.1. The van der Waals surface area contributed by atoms with Crippen LogP contribution < -0.4 is 0 Å². The molecule has 20 heavy (non-hydrogen) atoms. The van der Waals surface area contributed by atoms with E-state index in [1.165, 1.54) is 6.07 Å². The van der Waals surface area contributed by atoms with Crippen molar-refractivity contribution in [1.82, 2.24) is 4.90 Å². The van der Waals surface area contributed by atoms with Gasteiger partial charge in [-0.05, 0) is 31.9 Å². The number of nitrogens with zero attached hydrogens (tertiary/aromatic N) is 1. The molecule has 2 atom stereocenters. The highest BCUT2D eigenvalue weighted by Crippen LogP contribution is 2.29. The topological polar surface area (TPSA) is 29.5 Å². The highest BCUT2D eigenvalue weighted by Gasteiger charge is 2.37. The molecule has 3 nitrogen and oxygen atoms in total. The maximum Gasteiger partial charge on any atom is 0.257 e. The Bertz CT molecular complexity index is 515. The van der Waals surface area contributed by atoms with Gasteiger partial charge in [-0.2, -0.15) is 0 Å². The van der Waals surface area contributed by atoms with E-state index in [9.17, 15) is 9.18 Å². The molecule has 2 unspecified atom stereocenters. The van der Waals surface area contributed by atoms with Crippen molar-refractivity contribution in [3.05, 3.63) is 35.1 Å². The van der Waals surface area contributed by atoms with Crippen LogP contribution in [-0.2, 0) is 4.74 Å². The molecule has 1 amide bonds. The predicted octanol–water partition coefficient (Wildman–Crippen LogP) is 2.92. The van der Waals surface area contributed by atoms with Gasteiger partial charge in [-0.25, -0.2) is 4.39 Å². The lowest BCUT2D eigenvalue weighted by Gasteiger charge is -2.43. The molecule has 1 heterocycles. The number of carbonyl (C=O) groups excluding carboxylic acids is 1. The summed E-state index contributed by atoms with van der Waals surface area (Å²) in [5, 5.41) is 0. The Balaban J connectivity index is 1.87. The first-order valence-corrected chi connectivity index (χ1v) is 7.35. The molecule has 1 aromatic carbocycles. The van der Waals surface area contributed by atoms with E-state index < -0.39 is 5.82 Å². The van der Waals surface area contributed by atoms with Gasteiger partial charge in [0.25, 0.3) is 5.91 Å². The zero-order valence-electron chi connectivity index (χ0n) is 11.8. The van der Waals surface area contributed by atoms with Gasteiger partial charge < -0.3 is 9.64 Å². The van der Waals surface area contributed by atoms with Crippen molar-refractivity contribution in [3.63, 3.8) is 0 Å². The number of fused-ring (bicyclic) bond motifs is 1. The lowest BCUT2D eigenvalue weighted by atomic mass is 9.89. The Hall–Kier alpha value is -1.42. The van der Waals surface area contributed by atoms with Gasteiger partial charge in [-0.1, -0.05) is 24.5 Å². The molecule has 1 saturated carbocycles. The first-order valence-electron chi connectivity index (χ1n) is 7.35. The maximum atomic E-state index is 13.9. The molecule has 3 rings (SSSR count). The van der Waals surface area contributed by atoms with Gasteiger partial charge in [0.1, 0.15) is 5.82 Å². The van der Waals surface area contributed by atoms with Gasteiger partial charge in [0.2, 0.25) is 0 Å². The number of carbonyl (C=O) groups is 1. The van der Waals surface area contributed by atoms with Crippen molar-refractivity contribution in [1.29, 1.82) is 0 Å². The van der Waals surface area contributed by atoms with Crippen LogP contribution in [-0.4, -0.2) is 36.1 Å². The van der Waals surface area contributed by atoms with Gasteiger partial charge in [0.15, 0.2) is 0 Å². The molecule has 1 aliphatic carbocycles. The summed E-state index contributed by atoms with van der Waals surface area (Å²) < 4.78 is 19.7. The second-order valence-corrected chi connectivity index (χ2v) is 5.74. The van der Waals surface area contributed by atoms with Crippen LogP contribution >= 0.6 is 0 Å². The molecule has 1 aliphatic heterocycles. The van der Waals surface area contributed by atoms with Gasteiger partial charge in [0.05, 0.1) is 24.3 Å². The molecular weight excluding hydrogens is 257 g/mol. The van der Waals surface area contributed by atoms with E-state index >= 15 is 0 Å². The number of ether oxygens (including phenoxy) is 1. The highest BCUT2D eigenvalue weighted by atomic mass is 19.1. The fourth-order valence-corrected chi connectivity index (χ4v) is 3.31. The van der Waals surface area contributed by atoms with Crippen molar-refractivity contribution in [2.24, 2.45) is 0 Å². The van der Waals surface area contributed by atoms with Crippen molar-refractivity contribution >= 4 is 5.91 Å². The molecule has 0 bridgehead atoms. The number of hydrogen-bond acceptors (Lipinski definition) is 2. The van der Waals surface area contributed by atoms with Crippen LogP contribution in [0.5, 0.6) is 0 Å². The highest BCUT2D eigenvalue weighted by molar-refractivity contribution is 5.95. The van der Waals surface area contributed by atoms with E-state index in [2.05, 4.69) is 0 Å². The number of hydrogen-bond donors (Lipinski definition) is 0. The molecule has 0 aromatic heterocycles. The van der Waals surface area contributed by atoms with E-state index in [0.717, 1.165) is 31.2 Å². The number of rotatable bonds is 1. The predicted molar refractivity (Wildman–Crippen MR) is 74.2 cm³/mol. The third-order valence-electron chi connectivity index (χ3n) is 4.35. The first-order chi connectivity index (χ1) is 9.66. The van der Waals surface area contributed by atoms with Gasteiger partial charge in [-0.15, -0.1) is 0 Å². The Morgan fingerprint density at radius 2 is 2.15 bits per heavy atom. The fraction of sp³-hybridized carbons (Fsp3) is 0.562. The molecule has 1 aromatic rings. The normalized spacial score (nSPS) is 26.2. The van der Waals surface area contributed by atoms with Crippen LogP contribution in [0.3, 0.4) is 0 Å². The van der Waals surface area contributed by atoms with Crippen molar-refractivity contribution in [2.45, 2.75) is 44.8 Å². The van der Waals surface area contributed by atoms with E-state index in [-0.39, 0.29) is 23.6 Å². The summed E-state index contributed by atoms with van der Waals surface area (Å²) in [7, 11) is 0. The Morgan fingerprint density at radius 3 is 3.00 bits per heavy atom. The van der Waals surface area contributed by atoms with Crippen molar-refractivity contribution in [3.8, 4) is 0 Å². The van der Waals surface area contributed by atoms with E-state index in [0.29, 0.717) is 13.2 Å². The maximum absolute atomic E-state index is 13.9. The number of benzene rings is 1. The smallest absolute Gasteiger partial charge is 0.257 e. The first kappa shape index (κ1) is 13.6. The molecule has 2 aliphatic rings. The third-order valence-corrected chi connectivity index (χ3v) is 4.35. The molecular formula is C16H20FNO2. The second-order valence-electron chi connectivity index (χ2n) is 5.74. The molecule has 108 valence electrons. The summed E-state index contributed by atoms with van der Waals surface area (Å²) >= 11 is 0. The minimum Gasteiger partial charge on any atom is -0.374 e. The summed E-state index contributed by atoms with van der Waals surface area (Å²) in [5.41, 5.74) is 1.10. The van der Waals surface area contributed by atoms with Crippen LogP contribution in [0.1, 0.15) is 41.6 Å². The standard InChI is InChI=1S/C16H20FNO2/c1-11-6-7-13(17)12(10-11)16(19)18-8-9-20-15-5-3-2-4-14(15)18/h6-7,10,14-15H,2-5,8-9H2,1H3. The monoisotopic (exact) mass is 277 g/mol. The summed E-state index contributed by atoms with van der Waals surface area (Å²) in [6.45, 7) is 2.99. The quantitative estimate of drug-likeness (QED) is 0.790. The summed E-state index contributed by atoms with van der Waals surface area (Å²) in [6, 6.07) is 4.83. The number of aryl methyl sites for hydroxylation is 1. The van der Waals surface area contributed by atoms with Crippen LogP contribution in [0.25, 0.3) is 0 Å². The zero-order valence-corrected chi connectivity index (χ0v) is 11.8. The average molecular weight is 277 g/mol. The summed E-state index contributed by atoms with van der Waals surface area (Å²) in [5.74, 6) is -0.620. The van der Waals surface area contributed by atoms with Crippen molar-refractivity contribution < 1.29 is 13.9 Å². The van der Waals surface area contributed by atoms with E-state index in [1.54, 1.807) is 12.1 Å².